The highest BCUT2D eigenvalue weighted by Gasteiger charge is 2.20. The summed E-state index contributed by atoms with van der Waals surface area (Å²) in [6.45, 7) is 0. The maximum Gasteiger partial charge on any atom is 0.279 e. The highest BCUT2D eigenvalue weighted by Crippen LogP contribution is 2.32. The fourth-order valence-electron chi connectivity index (χ4n) is 2.48. The van der Waals surface area contributed by atoms with Gasteiger partial charge >= 0.3 is 0 Å². The van der Waals surface area contributed by atoms with Gasteiger partial charge in [0.2, 0.25) is 0 Å². The lowest BCUT2D eigenvalue weighted by Crippen LogP contribution is -2.34. The van der Waals surface area contributed by atoms with E-state index in [4.69, 9.17) is 0 Å². The van der Waals surface area contributed by atoms with Crippen LogP contribution in [0.15, 0.2) is 57.4 Å². The minimum absolute atomic E-state index is 0.577. The highest BCUT2D eigenvalue weighted by atomic mass is 32.2. The van der Waals surface area contributed by atoms with Crippen molar-refractivity contribution in [1.29, 1.82) is 0 Å². The minimum atomic E-state index is 0.577. The topological polar surface area (TPSA) is 39.8 Å². The van der Waals surface area contributed by atoms with E-state index in [-0.39, 0.29) is 0 Å². The molecule has 0 atom stereocenters. The number of benzene rings is 1. The molecule has 0 unspecified atom stereocenters. The number of rotatable bonds is 4. The average molecular weight is 318 g/mol. The van der Waals surface area contributed by atoms with Gasteiger partial charge in [-0.2, -0.15) is 0 Å². The van der Waals surface area contributed by atoms with Gasteiger partial charge in [0, 0.05) is 21.3 Å². The third-order valence-corrected chi connectivity index (χ3v) is 5.82. The molecular weight excluding hydrogens is 300 g/mol. The van der Waals surface area contributed by atoms with Crippen LogP contribution in [0.1, 0.15) is 32.1 Å². The Bertz CT molecular complexity index is 586. The molecule has 3 rings (SSSR count). The molecule has 1 fully saturated rings. The van der Waals surface area contributed by atoms with Crippen molar-refractivity contribution >= 4 is 23.5 Å². The van der Waals surface area contributed by atoms with Gasteiger partial charge in [0.15, 0.2) is 5.03 Å². The summed E-state index contributed by atoms with van der Waals surface area (Å²) in [5.41, 5.74) is 0. The van der Waals surface area contributed by atoms with Crippen molar-refractivity contribution in [3.63, 3.8) is 0 Å². The van der Waals surface area contributed by atoms with Crippen molar-refractivity contribution in [3.05, 3.63) is 47.7 Å². The number of nitrogens with zero attached hydrogens (tertiary/aromatic N) is 2. The summed E-state index contributed by atoms with van der Waals surface area (Å²) in [6.07, 6.45) is 6.33. The Morgan fingerprint density at radius 1 is 1.00 bits per heavy atom. The molecule has 0 N–H and O–H groups in total. The van der Waals surface area contributed by atoms with Crippen LogP contribution in [-0.4, -0.2) is 10.3 Å². The number of hydrogen-bond donors (Lipinski definition) is 0. The molecule has 1 aliphatic carbocycles. The van der Waals surface area contributed by atoms with Crippen LogP contribution >= 0.6 is 23.5 Å². The summed E-state index contributed by atoms with van der Waals surface area (Å²) in [5.74, 6) is 0. The van der Waals surface area contributed by atoms with E-state index in [0.717, 1.165) is 19.8 Å². The first kappa shape index (κ1) is 14.7. The van der Waals surface area contributed by atoms with Crippen molar-refractivity contribution in [2.75, 3.05) is 0 Å². The van der Waals surface area contributed by atoms with Crippen LogP contribution in [0.3, 0.4) is 0 Å². The van der Waals surface area contributed by atoms with Gasteiger partial charge in [-0.15, -0.1) is 0 Å². The Hall–Kier alpha value is -1.20. The van der Waals surface area contributed by atoms with Crippen molar-refractivity contribution in [2.24, 2.45) is 0 Å². The molecule has 0 spiro atoms. The van der Waals surface area contributed by atoms with Gasteiger partial charge in [-0.05, 0) is 35.9 Å². The normalized spacial score (nSPS) is 16.0. The summed E-state index contributed by atoms with van der Waals surface area (Å²) < 4.78 is 0. The fourth-order valence-corrected chi connectivity index (χ4v) is 4.45. The van der Waals surface area contributed by atoms with E-state index in [1.165, 1.54) is 43.9 Å². The molecule has 0 aliphatic heterocycles. The molecule has 21 heavy (non-hydrogen) atoms. The average Bonchev–Trinajstić information content (AvgIpc) is 2.52. The quantitative estimate of drug-likeness (QED) is 0.623. The minimum Gasteiger partial charge on any atom is -0.593 e. The molecule has 5 heteroatoms. The lowest BCUT2D eigenvalue weighted by Gasteiger charge is -2.19. The molecule has 1 heterocycles. The van der Waals surface area contributed by atoms with Crippen LogP contribution in [0.4, 0.5) is 0 Å². The summed E-state index contributed by atoms with van der Waals surface area (Å²) in [7, 11) is 0. The molecule has 110 valence electrons. The predicted octanol–water partition coefficient (Wildman–Crippen LogP) is 4.29. The molecule has 1 saturated carbocycles. The summed E-state index contributed by atoms with van der Waals surface area (Å²) >= 11 is 3.20. The van der Waals surface area contributed by atoms with E-state index in [1.54, 1.807) is 11.8 Å². The molecule has 0 saturated heterocycles. The van der Waals surface area contributed by atoms with Gasteiger partial charge in [-0.3, -0.25) is 0 Å². The lowest BCUT2D eigenvalue weighted by atomic mass is 10.0. The zero-order valence-corrected chi connectivity index (χ0v) is 13.4. The zero-order chi connectivity index (χ0) is 14.5. The van der Waals surface area contributed by atoms with Crippen LogP contribution < -0.4 is 4.85 Å². The van der Waals surface area contributed by atoms with Gasteiger partial charge < -0.3 is 5.21 Å². The second-order valence-corrected chi connectivity index (χ2v) is 7.59. The van der Waals surface area contributed by atoms with Crippen LogP contribution in [0.2, 0.25) is 0 Å². The summed E-state index contributed by atoms with van der Waals surface area (Å²) in [5, 5.41) is 18.3. The number of hydrogen-bond acceptors (Lipinski definition) is 4. The van der Waals surface area contributed by atoms with Crippen LogP contribution in [0, 0.1) is 5.21 Å². The molecule has 0 radical (unpaired) electrons. The van der Waals surface area contributed by atoms with Gasteiger partial charge in [0.1, 0.15) is 0 Å². The van der Waals surface area contributed by atoms with Crippen molar-refractivity contribution in [3.8, 4) is 0 Å². The SMILES string of the molecule is [O-][n+]1nc(Sc2ccccc2)ccc1SC1CCCCC1. The molecule has 1 aromatic carbocycles. The third kappa shape index (κ3) is 4.14. The smallest absolute Gasteiger partial charge is 0.279 e. The maximum atomic E-state index is 12.1. The van der Waals surface area contributed by atoms with Gasteiger partial charge in [-0.25, -0.2) is 0 Å². The first-order chi connectivity index (χ1) is 10.3. The van der Waals surface area contributed by atoms with Gasteiger partial charge in [-0.1, -0.05) is 61.0 Å². The first-order valence-electron chi connectivity index (χ1n) is 7.32. The van der Waals surface area contributed by atoms with Crippen molar-refractivity contribution < 1.29 is 4.85 Å². The van der Waals surface area contributed by atoms with E-state index in [9.17, 15) is 5.21 Å². The van der Waals surface area contributed by atoms with Crippen molar-refractivity contribution in [2.45, 2.75) is 52.3 Å². The second kappa shape index (κ2) is 7.18. The Morgan fingerprint density at radius 2 is 1.76 bits per heavy atom. The Kier molecular flexibility index (Phi) is 5.04. The fraction of sp³-hybridized carbons (Fsp3) is 0.375. The molecule has 2 aromatic rings. The molecule has 1 aliphatic rings. The van der Waals surface area contributed by atoms with Gasteiger partial charge in [0.25, 0.3) is 5.03 Å². The summed E-state index contributed by atoms with van der Waals surface area (Å²) in [4.78, 5) is 1.88. The monoisotopic (exact) mass is 318 g/mol. The molecule has 0 amide bonds. The zero-order valence-electron chi connectivity index (χ0n) is 11.8. The van der Waals surface area contributed by atoms with Crippen LogP contribution in [0.5, 0.6) is 0 Å². The van der Waals surface area contributed by atoms with Crippen LogP contribution in [-0.2, 0) is 0 Å². The first-order valence-corrected chi connectivity index (χ1v) is 9.01. The highest BCUT2D eigenvalue weighted by molar-refractivity contribution is 8.00. The Labute approximate surface area is 133 Å². The Morgan fingerprint density at radius 3 is 2.48 bits per heavy atom. The van der Waals surface area contributed by atoms with E-state index < -0.39 is 0 Å². The van der Waals surface area contributed by atoms with Crippen molar-refractivity contribution in [1.82, 2.24) is 5.10 Å². The maximum absolute atomic E-state index is 12.1. The van der Waals surface area contributed by atoms with E-state index in [2.05, 4.69) is 5.10 Å². The number of aromatic nitrogens is 2. The third-order valence-electron chi connectivity index (χ3n) is 3.55. The standard InChI is InChI=1S/C16H18N2OS2/c19-18-16(21-14-9-5-2-6-10-14)12-11-15(17-18)20-13-7-3-1-4-8-13/h1,3-4,7-8,11-12,14H,2,5-6,9-10H2. The van der Waals surface area contributed by atoms with Gasteiger partial charge in [0.05, 0.1) is 0 Å². The molecule has 3 nitrogen and oxygen atoms in total. The lowest BCUT2D eigenvalue weighted by molar-refractivity contribution is -0.710. The van der Waals surface area contributed by atoms with Crippen LogP contribution in [0.25, 0.3) is 0 Å². The largest absolute Gasteiger partial charge is 0.593 e. The van der Waals surface area contributed by atoms with E-state index in [1.807, 2.05) is 42.5 Å². The summed E-state index contributed by atoms with van der Waals surface area (Å²) in [6, 6.07) is 13.8. The predicted molar refractivity (Wildman–Crippen MR) is 86.5 cm³/mol. The number of thioether (sulfide) groups is 1. The Balaban J connectivity index is 1.67. The molecular formula is C16H18N2OS2. The molecule has 1 aromatic heterocycles. The van der Waals surface area contributed by atoms with E-state index in [0.29, 0.717) is 5.25 Å². The molecule has 0 bridgehead atoms. The van der Waals surface area contributed by atoms with E-state index >= 15 is 0 Å². The second-order valence-electron chi connectivity index (χ2n) is 5.18.